The van der Waals surface area contributed by atoms with E-state index in [9.17, 15) is 13.6 Å². The van der Waals surface area contributed by atoms with Gasteiger partial charge in [-0.1, -0.05) is 24.3 Å². The number of cyclic esters (lactones) is 1. The number of rotatable bonds is 2. The molecule has 3 rings (SSSR count). The molecule has 0 aromatic heterocycles. The first-order valence-corrected chi connectivity index (χ1v) is 6.62. The zero-order valence-electron chi connectivity index (χ0n) is 11.1. The third-order valence-corrected chi connectivity index (χ3v) is 3.28. The maximum atomic E-state index is 13.7. The van der Waals surface area contributed by atoms with Crippen LogP contribution in [0.4, 0.5) is 8.78 Å². The second-order valence-corrected chi connectivity index (χ2v) is 4.77. The molecule has 1 aliphatic carbocycles. The summed E-state index contributed by atoms with van der Waals surface area (Å²) in [4.78, 5) is 11.8. The van der Waals surface area contributed by atoms with Crippen molar-refractivity contribution >= 4 is 11.5 Å². The zero-order chi connectivity index (χ0) is 14.8. The number of hydrogen-bond donors (Lipinski definition) is 0. The summed E-state index contributed by atoms with van der Waals surface area (Å²) in [7, 11) is 0. The fourth-order valence-electron chi connectivity index (χ4n) is 2.30. The highest BCUT2D eigenvalue weighted by Gasteiger charge is 2.27. The molecule has 0 saturated heterocycles. The van der Waals surface area contributed by atoms with E-state index in [2.05, 4.69) is 0 Å². The number of halogens is 2. The number of benzene rings is 1. The second-order valence-electron chi connectivity index (χ2n) is 4.77. The van der Waals surface area contributed by atoms with Gasteiger partial charge in [-0.05, 0) is 42.7 Å². The molecule has 0 amide bonds. The first kappa shape index (κ1) is 13.5. The van der Waals surface area contributed by atoms with Gasteiger partial charge in [-0.3, -0.25) is 0 Å². The number of allylic oxidation sites excluding steroid dienone is 6. The Balaban J connectivity index is 1.98. The Hall–Kier alpha value is -2.49. The summed E-state index contributed by atoms with van der Waals surface area (Å²) in [6, 6.07) is 3.48. The van der Waals surface area contributed by atoms with Gasteiger partial charge in [0.2, 0.25) is 0 Å². The predicted octanol–water partition coefficient (Wildman–Crippen LogP) is 4.07. The van der Waals surface area contributed by atoms with Crippen molar-refractivity contribution < 1.29 is 18.3 Å². The molecule has 0 bridgehead atoms. The van der Waals surface area contributed by atoms with Crippen LogP contribution in [0.2, 0.25) is 0 Å². The van der Waals surface area contributed by atoms with E-state index in [4.69, 9.17) is 4.74 Å². The summed E-state index contributed by atoms with van der Waals surface area (Å²) in [5.41, 5.74) is 0.465. The summed E-state index contributed by atoms with van der Waals surface area (Å²) in [5.74, 6) is -2.02. The highest BCUT2D eigenvalue weighted by atomic mass is 19.1. The van der Waals surface area contributed by atoms with Crippen molar-refractivity contribution in [1.29, 1.82) is 0 Å². The van der Waals surface area contributed by atoms with Crippen LogP contribution in [0.15, 0.2) is 59.9 Å². The Kier molecular flexibility index (Phi) is 3.52. The van der Waals surface area contributed by atoms with Crippen molar-refractivity contribution in [3.8, 4) is 0 Å². The fraction of sp³-hybridized carbons (Fsp3) is 0.118. The predicted molar refractivity (Wildman–Crippen MR) is 75.0 cm³/mol. The third-order valence-electron chi connectivity index (χ3n) is 3.28. The summed E-state index contributed by atoms with van der Waals surface area (Å²) < 4.78 is 32.5. The lowest BCUT2D eigenvalue weighted by atomic mass is 10.0. The van der Waals surface area contributed by atoms with Gasteiger partial charge in [0.15, 0.2) is 0 Å². The molecule has 1 heterocycles. The van der Waals surface area contributed by atoms with Gasteiger partial charge in [-0.2, -0.15) is 0 Å². The Morgan fingerprint density at radius 1 is 1.14 bits per heavy atom. The molecule has 21 heavy (non-hydrogen) atoms. The maximum Gasteiger partial charge on any atom is 0.344 e. The molecule has 2 aliphatic rings. The number of carbonyl (C=O) groups excluding carboxylic acids is 1. The van der Waals surface area contributed by atoms with E-state index in [1.54, 1.807) is 6.08 Å². The first-order chi connectivity index (χ1) is 10.1. The Morgan fingerprint density at radius 3 is 2.57 bits per heavy atom. The number of hydrogen-bond acceptors (Lipinski definition) is 2. The van der Waals surface area contributed by atoms with Gasteiger partial charge >= 0.3 is 5.97 Å². The van der Waals surface area contributed by atoms with Crippen LogP contribution in [0.1, 0.15) is 18.4 Å². The molecule has 0 unspecified atom stereocenters. The smallest absolute Gasteiger partial charge is 0.344 e. The molecule has 0 N–H and O–H groups in total. The summed E-state index contributed by atoms with van der Waals surface area (Å²) in [6.45, 7) is 0. The Morgan fingerprint density at radius 2 is 1.90 bits per heavy atom. The number of ether oxygens (including phenoxy) is 1. The monoisotopic (exact) mass is 286 g/mol. The van der Waals surface area contributed by atoms with E-state index >= 15 is 0 Å². The third kappa shape index (κ3) is 2.70. The van der Waals surface area contributed by atoms with Crippen LogP contribution in [0.25, 0.3) is 5.57 Å². The largest absolute Gasteiger partial charge is 0.423 e. The van der Waals surface area contributed by atoms with Gasteiger partial charge in [-0.25, -0.2) is 13.6 Å². The normalized spacial score (nSPS) is 19.5. The molecule has 0 saturated carbocycles. The first-order valence-electron chi connectivity index (χ1n) is 6.62. The van der Waals surface area contributed by atoms with Gasteiger partial charge in [0, 0.05) is 0 Å². The standard InChI is InChI=1S/C17H12F2O2/c18-14-7-4-8-15(19)16(14)13-10-12(21-17(13)20)9-11-5-2-1-3-6-11/h2,4-10H,1,3H2/b12-9+. The lowest BCUT2D eigenvalue weighted by Crippen LogP contribution is -2.02. The summed E-state index contributed by atoms with van der Waals surface area (Å²) >= 11 is 0. The molecule has 0 spiro atoms. The van der Waals surface area contributed by atoms with Gasteiger partial charge in [0.05, 0.1) is 11.1 Å². The molecular weight excluding hydrogens is 274 g/mol. The molecule has 0 radical (unpaired) electrons. The topological polar surface area (TPSA) is 26.3 Å². The summed E-state index contributed by atoms with van der Waals surface area (Å²) in [6.07, 6.45) is 10.9. The summed E-state index contributed by atoms with van der Waals surface area (Å²) in [5, 5.41) is 0. The Labute approximate surface area is 120 Å². The molecule has 0 atom stereocenters. The molecule has 1 aliphatic heterocycles. The minimum Gasteiger partial charge on any atom is -0.423 e. The fourth-order valence-corrected chi connectivity index (χ4v) is 2.30. The van der Waals surface area contributed by atoms with Crippen LogP contribution in [0.5, 0.6) is 0 Å². The van der Waals surface area contributed by atoms with Crippen molar-refractivity contribution in [1.82, 2.24) is 0 Å². The molecular formula is C17H12F2O2. The van der Waals surface area contributed by atoms with Crippen molar-refractivity contribution in [2.24, 2.45) is 0 Å². The highest BCUT2D eigenvalue weighted by molar-refractivity contribution is 6.19. The van der Waals surface area contributed by atoms with Gasteiger partial charge in [0.1, 0.15) is 17.4 Å². The lowest BCUT2D eigenvalue weighted by molar-refractivity contribution is -0.131. The lowest BCUT2D eigenvalue weighted by Gasteiger charge is -2.03. The molecule has 106 valence electrons. The van der Waals surface area contributed by atoms with E-state index in [1.807, 2.05) is 18.2 Å². The van der Waals surface area contributed by atoms with Crippen LogP contribution >= 0.6 is 0 Å². The van der Waals surface area contributed by atoms with E-state index in [0.29, 0.717) is 0 Å². The van der Waals surface area contributed by atoms with Crippen molar-refractivity contribution in [3.05, 3.63) is 77.1 Å². The van der Waals surface area contributed by atoms with Gasteiger partial charge in [0.25, 0.3) is 0 Å². The number of carbonyl (C=O) groups is 1. The average molecular weight is 286 g/mol. The minimum absolute atomic E-state index is 0.0998. The molecule has 1 aromatic carbocycles. The van der Waals surface area contributed by atoms with Gasteiger partial charge < -0.3 is 4.74 Å². The quantitative estimate of drug-likeness (QED) is 0.766. The van der Waals surface area contributed by atoms with E-state index in [1.165, 1.54) is 12.1 Å². The number of esters is 1. The molecule has 2 nitrogen and oxygen atoms in total. The van der Waals surface area contributed by atoms with Gasteiger partial charge in [-0.15, -0.1) is 0 Å². The van der Waals surface area contributed by atoms with E-state index < -0.39 is 17.6 Å². The van der Waals surface area contributed by atoms with Crippen LogP contribution in [-0.4, -0.2) is 5.97 Å². The van der Waals surface area contributed by atoms with E-state index in [-0.39, 0.29) is 16.9 Å². The van der Waals surface area contributed by atoms with Crippen LogP contribution in [-0.2, 0) is 9.53 Å². The molecule has 0 fully saturated rings. The zero-order valence-corrected chi connectivity index (χ0v) is 11.1. The maximum absolute atomic E-state index is 13.7. The minimum atomic E-state index is -0.781. The Bertz CT molecular complexity index is 704. The van der Waals surface area contributed by atoms with Crippen molar-refractivity contribution in [2.45, 2.75) is 12.8 Å². The molecule has 4 heteroatoms. The SMILES string of the molecule is O=C1O/C(=C/C2=CCCC=C2)C=C1c1c(F)cccc1F. The van der Waals surface area contributed by atoms with Crippen LogP contribution < -0.4 is 0 Å². The molecule has 1 aromatic rings. The highest BCUT2D eigenvalue weighted by Crippen LogP contribution is 2.30. The van der Waals surface area contributed by atoms with Crippen molar-refractivity contribution in [3.63, 3.8) is 0 Å². The van der Waals surface area contributed by atoms with Crippen LogP contribution in [0, 0.1) is 11.6 Å². The van der Waals surface area contributed by atoms with E-state index in [0.717, 1.165) is 30.5 Å². The van der Waals surface area contributed by atoms with Crippen LogP contribution in [0.3, 0.4) is 0 Å². The average Bonchev–Trinajstić information content (AvgIpc) is 2.80. The van der Waals surface area contributed by atoms with Crippen molar-refractivity contribution in [2.75, 3.05) is 0 Å². The second kappa shape index (κ2) is 5.48.